The van der Waals surface area contributed by atoms with Crippen molar-refractivity contribution in [2.24, 2.45) is 11.8 Å². The van der Waals surface area contributed by atoms with Gasteiger partial charge in [-0.25, -0.2) is 21.6 Å². The number of carbonyl (C=O) groups excluding carboxylic acids is 1. The van der Waals surface area contributed by atoms with E-state index in [1.165, 1.54) is 23.5 Å². The van der Waals surface area contributed by atoms with Crippen LogP contribution in [0.1, 0.15) is 25.8 Å². The number of hydrogen-bond acceptors (Lipinski definition) is 8. The molecule has 1 amide bonds. The van der Waals surface area contributed by atoms with Crippen molar-refractivity contribution in [3.63, 3.8) is 0 Å². The lowest BCUT2D eigenvalue weighted by atomic mass is 10.0. The molecule has 41 heavy (non-hydrogen) atoms. The summed E-state index contributed by atoms with van der Waals surface area (Å²) in [5.41, 5.74) is 0.812. The highest BCUT2D eigenvalue weighted by Gasteiger charge is 2.32. The zero-order chi connectivity index (χ0) is 30.0. The minimum Gasteiger partial charge on any atom is -0.497 e. The number of rotatable bonds is 16. The molecule has 0 aromatic heterocycles. The van der Waals surface area contributed by atoms with Gasteiger partial charge in [-0.3, -0.25) is 4.79 Å². The predicted molar refractivity (Wildman–Crippen MR) is 155 cm³/mol. The molecule has 0 spiro atoms. The molecule has 1 fully saturated rings. The van der Waals surface area contributed by atoms with Crippen molar-refractivity contribution in [1.29, 1.82) is 0 Å². The molecule has 13 heteroatoms. The number of aliphatic hydroxyl groups excluding tert-OH is 1. The summed E-state index contributed by atoms with van der Waals surface area (Å²) < 4.78 is 65.9. The van der Waals surface area contributed by atoms with Crippen molar-refractivity contribution < 1.29 is 36.2 Å². The summed E-state index contributed by atoms with van der Waals surface area (Å²) in [5, 5.41) is 14.0. The molecule has 3 N–H and O–H groups in total. The smallest absolute Gasteiger partial charge is 0.243 e. The second-order valence-electron chi connectivity index (χ2n) is 10.7. The van der Waals surface area contributed by atoms with E-state index in [-0.39, 0.29) is 42.0 Å². The maximum Gasteiger partial charge on any atom is 0.243 e. The molecule has 2 aromatic rings. The molecular formula is C28H41N3O8S2. The number of ether oxygens (including phenoxy) is 2. The van der Waals surface area contributed by atoms with E-state index in [2.05, 4.69) is 10.0 Å². The second-order valence-corrected chi connectivity index (χ2v) is 14.4. The minimum atomic E-state index is -3.99. The highest BCUT2D eigenvalue weighted by atomic mass is 32.2. The number of benzene rings is 2. The number of amides is 1. The van der Waals surface area contributed by atoms with Crippen LogP contribution in [0.4, 0.5) is 0 Å². The lowest BCUT2D eigenvalue weighted by molar-refractivity contribution is -0.121. The van der Waals surface area contributed by atoms with E-state index in [1.54, 1.807) is 12.1 Å². The second kappa shape index (κ2) is 15.1. The Kier molecular flexibility index (Phi) is 12.1. The van der Waals surface area contributed by atoms with Crippen molar-refractivity contribution >= 4 is 26.0 Å². The molecule has 3 atom stereocenters. The largest absolute Gasteiger partial charge is 0.497 e. The first-order valence-electron chi connectivity index (χ1n) is 13.6. The highest BCUT2D eigenvalue weighted by molar-refractivity contribution is 7.89. The Morgan fingerprint density at radius 2 is 1.76 bits per heavy atom. The van der Waals surface area contributed by atoms with Crippen LogP contribution >= 0.6 is 0 Å². The number of sulfonamides is 2. The number of methoxy groups -OCH3 is 1. The average Bonchev–Trinajstić information content (AvgIpc) is 3.44. The lowest BCUT2D eigenvalue weighted by Gasteiger charge is -2.31. The summed E-state index contributed by atoms with van der Waals surface area (Å²) in [6, 6.07) is 14.2. The Balaban J connectivity index is 1.75. The lowest BCUT2D eigenvalue weighted by Crippen LogP contribution is -2.52. The molecule has 2 aromatic carbocycles. The van der Waals surface area contributed by atoms with Gasteiger partial charge in [0.05, 0.1) is 43.1 Å². The molecule has 1 saturated heterocycles. The first-order valence-corrected chi connectivity index (χ1v) is 16.7. The van der Waals surface area contributed by atoms with Gasteiger partial charge in [0, 0.05) is 19.7 Å². The van der Waals surface area contributed by atoms with E-state index >= 15 is 0 Å². The average molecular weight is 612 g/mol. The Morgan fingerprint density at radius 1 is 1.07 bits per heavy atom. The van der Waals surface area contributed by atoms with Crippen LogP contribution in [0.25, 0.3) is 0 Å². The van der Waals surface area contributed by atoms with Gasteiger partial charge >= 0.3 is 0 Å². The monoisotopic (exact) mass is 611 g/mol. The zero-order valence-corrected chi connectivity index (χ0v) is 25.4. The molecule has 11 nitrogen and oxygen atoms in total. The third kappa shape index (κ3) is 10.3. The van der Waals surface area contributed by atoms with Gasteiger partial charge in [0.2, 0.25) is 26.0 Å². The number of carbonyl (C=O) groups is 1. The van der Waals surface area contributed by atoms with Crippen molar-refractivity contribution in [2.45, 2.75) is 43.7 Å². The van der Waals surface area contributed by atoms with E-state index < -0.39 is 44.6 Å². The van der Waals surface area contributed by atoms with Gasteiger partial charge in [-0.15, -0.1) is 0 Å². The zero-order valence-electron chi connectivity index (χ0n) is 23.7. The summed E-state index contributed by atoms with van der Waals surface area (Å²) in [6.45, 7) is 3.98. The van der Waals surface area contributed by atoms with Crippen molar-refractivity contribution in [2.75, 3.05) is 45.7 Å². The Bertz CT molecular complexity index is 1310. The molecule has 228 valence electrons. The van der Waals surface area contributed by atoms with Crippen LogP contribution in [0.3, 0.4) is 0 Å². The third-order valence-electron chi connectivity index (χ3n) is 6.70. The number of nitrogens with one attached hydrogen (secondary N) is 2. The van der Waals surface area contributed by atoms with Crippen LogP contribution in [-0.2, 0) is 36.0 Å². The molecule has 1 heterocycles. The van der Waals surface area contributed by atoms with E-state index in [4.69, 9.17) is 9.47 Å². The van der Waals surface area contributed by atoms with Crippen molar-refractivity contribution in [3.8, 4) is 5.75 Å². The number of hydrogen-bond donors (Lipinski definition) is 3. The van der Waals surface area contributed by atoms with Gasteiger partial charge < -0.3 is 19.9 Å². The van der Waals surface area contributed by atoms with E-state index in [0.717, 1.165) is 5.56 Å². The third-order valence-corrected chi connectivity index (χ3v) is 10.0. The van der Waals surface area contributed by atoms with Gasteiger partial charge in [-0.05, 0) is 54.5 Å². The fourth-order valence-electron chi connectivity index (χ4n) is 4.58. The van der Waals surface area contributed by atoms with Crippen LogP contribution in [0, 0.1) is 11.8 Å². The van der Waals surface area contributed by atoms with Crippen molar-refractivity contribution in [3.05, 3.63) is 60.2 Å². The SMILES string of the molecule is COc1ccc(S(=O)(=O)N(CC(C)C)C[C@@H](O)[C@H](Cc2ccccc2)NC(=O)CNS(=O)(=O)C[C@H]2CCOC2)cc1. The van der Waals surface area contributed by atoms with E-state index in [0.29, 0.717) is 25.4 Å². The normalized spacial score (nSPS) is 17.5. The Morgan fingerprint density at radius 3 is 2.34 bits per heavy atom. The van der Waals surface area contributed by atoms with E-state index in [9.17, 15) is 26.7 Å². The Hall–Kier alpha value is -2.55. The molecule has 0 radical (unpaired) electrons. The van der Waals surface area contributed by atoms with Crippen LogP contribution < -0.4 is 14.8 Å². The molecule has 1 aliphatic heterocycles. The quantitative estimate of drug-likeness (QED) is 0.258. The van der Waals surface area contributed by atoms with Crippen LogP contribution in [0.2, 0.25) is 0 Å². The maximum absolute atomic E-state index is 13.6. The van der Waals surface area contributed by atoms with Crippen LogP contribution in [0.15, 0.2) is 59.5 Å². The number of aliphatic hydroxyl groups is 1. The molecule has 0 saturated carbocycles. The summed E-state index contributed by atoms with van der Waals surface area (Å²) in [7, 11) is -6.21. The van der Waals surface area contributed by atoms with Gasteiger partial charge in [0.1, 0.15) is 5.75 Å². The first kappa shape index (κ1) is 33.0. The minimum absolute atomic E-state index is 0.0444. The Labute approximate surface area is 243 Å². The van der Waals surface area contributed by atoms with Gasteiger partial charge in [0.15, 0.2) is 0 Å². The number of nitrogens with zero attached hydrogens (tertiary/aromatic N) is 1. The first-order chi connectivity index (χ1) is 19.4. The summed E-state index contributed by atoms with van der Waals surface area (Å²) >= 11 is 0. The van der Waals surface area contributed by atoms with Crippen LogP contribution in [-0.4, -0.2) is 90.0 Å². The molecule has 3 rings (SSSR count). The van der Waals surface area contributed by atoms with Gasteiger partial charge in [-0.1, -0.05) is 44.2 Å². The topological polar surface area (TPSA) is 151 Å². The fraction of sp³-hybridized carbons (Fsp3) is 0.536. The molecule has 0 aliphatic carbocycles. The highest BCUT2D eigenvalue weighted by Crippen LogP contribution is 2.22. The van der Waals surface area contributed by atoms with E-state index in [1.807, 2.05) is 44.2 Å². The molecular weight excluding hydrogens is 570 g/mol. The predicted octanol–water partition coefficient (Wildman–Crippen LogP) is 1.39. The molecule has 1 aliphatic rings. The molecule has 0 bridgehead atoms. The van der Waals surface area contributed by atoms with Gasteiger partial charge in [-0.2, -0.15) is 4.31 Å². The maximum atomic E-state index is 13.6. The summed E-state index contributed by atoms with van der Waals surface area (Å²) in [6.07, 6.45) is -0.443. The van der Waals surface area contributed by atoms with Gasteiger partial charge in [0.25, 0.3) is 0 Å². The fourth-order valence-corrected chi connectivity index (χ4v) is 7.55. The molecule has 0 unspecified atom stereocenters. The standard InChI is InChI=1S/C28H41N3O8S2/c1-21(2)17-31(41(36,37)25-11-9-24(38-3)10-12-25)18-27(32)26(15-22-7-5-4-6-8-22)30-28(33)16-29-40(34,35)20-23-13-14-39-19-23/h4-12,21,23,26-27,29,32H,13-20H2,1-3H3,(H,30,33)/t23-,26-,27+/m0/s1. The van der Waals surface area contributed by atoms with Crippen LogP contribution in [0.5, 0.6) is 5.75 Å². The summed E-state index contributed by atoms with van der Waals surface area (Å²) in [5.74, 6) is -0.425. The summed E-state index contributed by atoms with van der Waals surface area (Å²) in [4.78, 5) is 12.9. The van der Waals surface area contributed by atoms with Crippen molar-refractivity contribution in [1.82, 2.24) is 14.3 Å².